The minimum Gasteiger partial charge on any atom is -0.350 e. The lowest BCUT2D eigenvalue weighted by Crippen LogP contribution is -2.31. The fourth-order valence-electron chi connectivity index (χ4n) is 2.63. The van der Waals surface area contributed by atoms with Crippen LogP contribution in [0.4, 0.5) is 0 Å². The first kappa shape index (κ1) is 15.8. The van der Waals surface area contributed by atoms with Gasteiger partial charge in [-0.25, -0.2) is 0 Å². The summed E-state index contributed by atoms with van der Waals surface area (Å²) < 4.78 is 0. The predicted octanol–water partition coefficient (Wildman–Crippen LogP) is 4.40. The Balaban J connectivity index is 1.87. The second-order valence-corrected chi connectivity index (χ2v) is 8.59. The molecule has 0 bridgehead atoms. The highest BCUT2D eigenvalue weighted by atomic mass is 35.5. The quantitative estimate of drug-likeness (QED) is 0.820. The Kier molecular flexibility index (Phi) is 5.14. The average Bonchev–Trinajstić information content (AvgIpc) is 2.77. The van der Waals surface area contributed by atoms with Crippen LogP contribution in [0.1, 0.15) is 60.1 Å². The minimum atomic E-state index is -0.00598. The minimum absolute atomic E-state index is 0.00598. The first-order chi connectivity index (χ1) is 9.35. The smallest absolute Gasteiger partial charge is 0.261 e. The molecule has 0 saturated carbocycles. The van der Waals surface area contributed by atoms with Crippen LogP contribution >= 0.6 is 22.9 Å². The molecule has 20 heavy (non-hydrogen) atoms. The third-order valence-electron chi connectivity index (χ3n) is 3.54. The van der Waals surface area contributed by atoms with Crippen molar-refractivity contribution in [3.63, 3.8) is 0 Å². The summed E-state index contributed by atoms with van der Waals surface area (Å²) in [6.45, 7) is 7.03. The van der Waals surface area contributed by atoms with E-state index in [0.717, 1.165) is 24.1 Å². The van der Waals surface area contributed by atoms with E-state index in [2.05, 4.69) is 32.2 Å². The first-order valence-corrected chi connectivity index (χ1v) is 8.64. The Bertz CT molecular complexity index is 452. The van der Waals surface area contributed by atoms with Gasteiger partial charge >= 0.3 is 0 Å². The van der Waals surface area contributed by atoms with Crippen LogP contribution in [-0.2, 0) is 12.8 Å². The summed E-state index contributed by atoms with van der Waals surface area (Å²) >= 11 is 7.94. The van der Waals surface area contributed by atoms with E-state index in [0.29, 0.717) is 6.54 Å². The maximum Gasteiger partial charge on any atom is 0.261 e. The van der Waals surface area contributed by atoms with Crippen molar-refractivity contribution in [3.05, 3.63) is 21.4 Å². The number of halogens is 1. The maximum absolute atomic E-state index is 12.2. The lowest BCUT2D eigenvalue weighted by atomic mass is 9.90. The van der Waals surface area contributed by atoms with Gasteiger partial charge in [-0.3, -0.25) is 4.79 Å². The van der Waals surface area contributed by atoms with Crippen LogP contribution in [0.25, 0.3) is 0 Å². The molecule has 1 aromatic heterocycles. The number of rotatable bonds is 4. The number of amides is 1. The van der Waals surface area contributed by atoms with Crippen molar-refractivity contribution in [2.45, 2.75) is 58.3 Å². The van der Waals surface area contributed by atoms with E-state index in [-0.39, 0.29) is 16.7 Å². The zero-order valence-corrected chi connectivity index (χ0v) is 14.2. The van der Waals surface area contributed by atoms with Crippen LogP contribution in [0.3, 0.4) is 0 Å². The summed E-state index contributed by atoms with van der Waals surface area (Å²) in [6, 6.07) is 2.07. The van der Waals surface area contributed by atoms with Gasteiger partial charge in [0.15, 0.2) is 0 Å². The molecule has 0 spiro atoms. The van der Waals surface area contributed by atoms with Crippen LogP contribution in [0.2, 0.25) is 0 Å². The van der Waals surface area contributed by atoms with Crippen molar-refractivity contribution in [3.8, 4) is 0 Å². The molecule has 0 saturated heterocycles. The van der Waals surface area contributed by atoms with Gasteiger partial charge in [-0.1, -0.05) is 20.8 Å². The molecule has 1 N–H and O–H groups in total. The molecule has 1 amide bonds. The Morgan fingerprint density at radius 1 is 1.40 bits per heavy atom. The third kappa shape index (κ3) is 4.49. The topological polar surface area (TPSA) is 29.1 Å². The van der Waals surface area contributed by atoms with Gasteiger partial charge in [0.2, 0.25) is 0 Å². The fraction of sp³-hybridized carbons (Fsp3) is 0.688. The Labute approximate surface area is 130 Å². The van der Waals surface area contributed by atoms with Crippen LogP contribution < -0.4 is 5.32 Å². The molecule has 1 atom stereocenters. The highest BCUT2D eigenvalue weighted by Crippen LogP contribution is 2.29. The zero-order valence-electron chi connectivity index (χ0n) is 12.6. The van der Waals surface area contributed by atoms with E-state index >= 15 is 0 Å². The number of hydrogen-bond acceptors (Lipinski definition) is 2. The van der Waals surface area contributed by atoms with Gasteiger partial charge in [0, 0.05) is 11.4 Å². The number of hydrogen-bond donors (Lipinski definition) is 1. The van der Waals surface area contributed by atoms with Crippen molar-refractivity contribution in [2.75, 3.05) is 6.54 Å². The van der Waals surface area contributed by atoms with Crippen LogP contribution in [-0.4, -0.2) is 17.8 Å². The molecular weight excluding hydrogens is 290 g/mol. The molecule has 2 rings (SSSR count). The van der Waals surface area contributed by atoms with Gasteiger partial charge in [0.1, 0.15) is 0 Å². The maximum atomic E-state index is 12.2. The molecule has 0 radical (unpaired) electrons. The Morgan fingerprint density at radius 3 is 2.75 bits per heavy atom. The summed E-state index contributed by atoms with van der Waals surface area (Å²) in [5.41, 5.74) is 1.57. The molecule has 0 aromatic carbocycles. The van der Waals surface area contributed by atoms with Gasteiger partial charge in [-0.2, -0.15) is 0 Å². The van der Waals surface area contributed by atoms with Crippen LogP contribution in [0.5, 0.6) is 0 Å². The van der Waals surface area contributed by atoms with Crippen LogP contribution in [0.15, 0.2) is 6.07 Å². The summed E-state index contributed by atoms with van der Waals surface area (Å²) in [5, 5.41) is 2.96. The Hall–Kier alpha value is -0.540. The molecule has 1 aliphatic rings. The SMILES string of the molecule is CC(C)(C)CC(Cl)CNC(=O)c1cc2c(s1)CCCC2. The van der Waals surface area contributed by atoms with E-state index < -0.39 is 0 Å². The lowest BCUT2D eigenvalue weighted by Gasteiger charge is -2.21. The van der Waals surface area contributed by atoms with Crippen LogP contribution in [0, 0.1) is 5.41 Å². The fourth-order valence-corrected chi connectivity index (χ4v) is 4.34. The zero-order chi connectivity index (χ0) is 14.8. The molecular formula is C16H24ClNOS. The molecule has 1 aliphatic carbocycles. The van der Waals surface area contributed by atoms with Gasteiger partial charge in [-0.15, -0.1) is 22.9 Å². The van der Waals surface area contributed by atoms with E-state index in [1.165, 1.54) is 23.3 Å². The molecule has 4 heteroatoms. The standard InChI is InChI=1S/C16H24ClNOS/c1-16(2,3)9-12(17)10-18-15(19)14-8-11-6-4-5-7-13(11)20-14/h8,12H,4-7,9-10H2,1-3H3,(H,18,19). The summed E-state index contributed by atoms with van der Waals surface area (Å²) in [5.74, 6) is 0.0314. The lowest BCUT2D eigenvalue weighted by molar-refractivity contribution is 0.0956. The molecule has 0 fully saturated rings. The largest absolute Gasteiger partial charge is 0.350 e. The second kappa shape index (κ2) is 6.48. The first-order valence-electron chi connectivity index (χ1n) is 7.39. The predicted molar refractivity (Wildman–Crippen MR) is 87.0 cm³/mol. The van der Waals surface area contributed by atoms with Gasteiger partial charge in [-0.05, 0) is 49.1 Å². The van der Waals surface area contributed by atoms with E-state index in [9.17, 15) is 4.79 Å². The summed E-state index contributed by atoms with van der Waals surface area (Å²) in [4.78, 5) is 14.4. The van der Waals surface area contributed by atoms with Gasteiger partial charge in [0.05, 0.1) is 10.3 Å². The van der Waals surface area contributed by atoms with Crippen molar-refractivity contribution < 1.29 is 4.79 Å². The summed E-state index contributed by atoms with van der Waals surface area (Å²) in [6.07, 6.45) is 5.66. The van der Waals surface area contributed by atoms with Crippen molar-refractivity contribution in [2.24, 2.45) is 5.41 Å². The number of thiophene rings is 1. The average molecular weight is 314 g/mol. The Morgan fingerprint density at radius 2 is 2.10 bits per heavy atom. The van der Waals surface area contributed by atoms with E-state index in [1.54, 1.807) is 11.3 Å². The van der Waals surface area contributed by atoms with Crippen molar-refractivity contribution >= 4 is 28.8 Å². The third-order valence-corrected chi connectivity index (χ3v) is 5.08. The number of carbonyl (C=O) groups is 1. The van der Waals surface area contributed by atoms with Gasteiger partial charge < -0.3 is 5.32 Å². The molecule has 0 aliphatic heterocycles. The number of alkyl halides is 1. The van der Waals surface area contributed by atoms with Crippen molar-refractivity contribution in [1.29, 1.82) is 0 Å². The molecule has 2 nitrogen and oxygen atoms in total. The highest BCUT2D eigenvalue weighted by Gasteiger charge is 2.20. The number of nitrogens with one attached hydrogen (secondary N) is 1. The molecule has 1 unspecified atom stereocenters. The molecule has 1 aromatic rings. The highest BCUT2D eigenvalue weighted by molar-refractivity contribution is 7.14. The van der Waals surface area contributed by atoms with Crippen molar-refractivity contribution in [1.82, 2.24) is 5.32 Å². The normalized spacial score (nSPS) is 16.6. The molecule has 112 valence electrons. The van der Waals surface area contributed by atoms with E-state index in [4.69, 9.17) is 11.6 Å². The van der Waals surface area contributed by atoms with Gasteiger partial charge in [0.25, 0.3) is 5.91 Å². The number of carbonyl (C=O) groups excluding carboxylic acids is 1. The summed E-state index contributed by atoms with van der Waals surface area (Å²) in [7, 11) is 0. The number of fused-ring (bicyclic) bond motifs is 1. The van der Waals surface area contributed by atoms with E-state index in [1.807, 2.05) is 0 Å². The second-order valence-electron chi connectivity index (χ2n) is 6.84. The monoisotopic (exact) mass is 313 g/mol. The molecule has 1 heterocycles. The number of aryl methyl sites for hydroxylation is 2.